The summed E-state index contributed by atoms with van der Waals surface area (Å²) in [4.78, 5) is 33.4. The number of allylic oxidation sites excluding steroid dienone is 1. The predicted molar refractivity (Wildman–Crippen MR) is 144 cm³/mol. The van der Waals surface area contributed by atoms with E-state index in [1.165, 1.54) is 49.4 Å². The first-order valence-electron chi connectivity index (χ1n) is 12.7. The fourth-order valence-electron chi connectivity index (χ4n) is 3.62. The molecule has 0 fully saturated rings. The van der Waals surface area contributed by atoms with Gasteiger partial charge in [0.1, 0.15) is 6.54 Å². The van der Waals surface area contributed by atoms with Crippen molar-refractivity contribution in [2.24, 2.45) is 5.73 Å². The maximum atomic E-state index is 12.0. The summed E-state index contributed by atoms with van der Waals surface area (Å²) in [5, 5.41) is 30.1. The van der Waals surface area contributed by atoms with Gasteiger partial charge in [0.15, 0.2) is 0 Å². The third kappa shape index (κ3) is 14.9. The van der Waals surface area contributed by atoms with E-state index in [0.717, 1.165) is 12.0 Å². The van der Waals surface area contributed by atoms with Crippen molar-refractivity contribution in [3.63, 3.8) is 0 Å². The lowest BCUT2D eigenvalue weighted by Gasteiger charge is -2.21. The van der Waals surface area contributed by atoms with Crippen molar-refractivity contribution in [1.29, 1.82) is 0 Å². The molecule has 0 saturated carbocycles. The van der Waals surface area contributed by atoms with Gasteiger partial charge in [0.05, 0.1) is 12.1 Å². The molecular weight excluding hydrogens is 480 g/mol. The number of thioether (sulfide) groups is 1. The quantitative estimate of drug-likeness (QED) is 0.129. The van der Waals surface area contributed by atoms with Crippen LogP contribution >= 0.6 is 11.8 Å². The van der Waals surface area contributed by atoms with Crippen LogP contribution in [0.3, 0.4) is 0 Å². The van der Waals surface area contributed by atoms with E-state index in [-0.39, 0.29) is 17.4 Å². The maximum absolute atomic E-state index is 12.0. The Kier molecular flexibility index (Phi) is 16.6. The first-order chi connectivity index (χ1) is 17.2. The Morgan fingerprint density at radius 2 is 1.67 bits per heavy atom. The summed E-state index contributed by atoms with van der Waals surface area (Å²) in [6, 6.07) is 7.61. The second-order valence-corrected chi connectivity index (χ2v) is 10.2. The lowest BCUT2D eigenvalue weighted by molar-refractivity contribution is -0.138. The second kappa shape index (κ2) is 18.8. The number of amides is 1. The van der Waals surface area contributed by atoms with Gasteiger partial charge in [0.2, 0.25) is 5.91 Å². The van der Waals surface area contributed by atoms with Gasteiger partial charge in [-0.1, -0.05) is 69.0 Å². The van der Waals surface area contributed by atoms with Gasteiger partial charge in [0.25, 0.3) is 0 Å². The molecule has 0 bridgehead atoms. The number of aliphatic hydroxyl groups is 1. The highest BCUT2D eigenvalue weighted by Gasteiger charge is 2.21. The number of carboxylic acid groups (broad SMARTS) is 2. The highest BCUT2D eigenvalue weighted by Crippen LogP contribution is 2.22. The SMILES string of the molecule is CCCCCCCc1ccc(C/C=C\[C@@H](SC[C@H](N)C(=O)NCC(=O)O)[C@@H](O)CCCC(=O)O)cc1. The average molecular weight is 523 g/mol. The number of benzene rings is 1. The van der Waals surface area contributed by atoms with Crippen molar-refractivity contribution < 1.29 is 29.7 Å². The van der Waals surface area contributed by atoms with Gasteiger partial charge in [-0.3, -0.25) is 14.4 Å². The number of rotatable bonds is 20. The maximum Gasteiger partial charge on any atom is 0.322 e. The summed E-state index contributed by atoms with van der Waals surface area (Å²) in [7, 11) is 0. The molecule has 0 aromatic heterocycles. The Morgan fingerprint density at radius 3 is 2.31 bits per heavy atom. The molecule has 1 aromatic carbocycles. The van der Waals surface area contributed by atoms with Crippen molar-refractivity contribution >= 4 is 29.6 Å². The summed E-state index contributed by atoms with van der Waals surface area (Å²) in [6.45, 7) is 1.71. The van der Waals surface area contributed by atoms with E-state index in [1.807, 2.05) is 12.2 Å². The fourth-order valence-corrected chi connectivity index (χ4v) is 4.78. The first kappa shape index (κ1) is 31.7. The molecule has 0 saturated heterocycles. The van der Waals surface area contributed by atoms with Crippen LogP contribution < -0.4 is 11.1 Å². The zero-order valence-corrected chi connectivity index (χ0v) is 22.0. The lowest BCUT2D eigenvalue weighted by atomic mass is 10.0. The van der Waals surface area contributed by atoms with Gasteiger partial charge in [-0.25, -0.2) is 0 Å². The summed E-state index contributed by atoms with van der Waals surface area (Å²) < 4.78 is 0. The van der Waals surface area contributed by atoms with Crippen molar-refractivity contribution in [3.8, 4) is 0 Å². The number of aryl methyl sites for hydroxylation is 1. The summed E-state index contributed by atoms with van der Waals surface area (Å²) in [5.74, 6) is -2.46. The number of aliphatic carboxylic acids is 2. The largest absolute Gasteiger partial charge is 0.481 e. The van der Waals surface area contributed by atoms with E-state index in [0.29, 0.717) is 19.3 Å². The third-order valence-electron chi connectivity index (χ3n) is 5.76. The van der Waals surface area contributed by atoms with Crippen molar-refractivity contribution in [2.75, 3.05) is 12.3 Å². The van der Waals surface area contributed by atoms with Crippen molar-refractivity contribution in [1.82, 2.24) is 5.32 Å². The van der Waals surface area contributed by atoms with Crippen LogP contribution in [-0.4, -0.2) is 62.9 Å². The van der Waals surface area contributed by atoms with Crippen LogP contribution in [0.2, 0.25) is 0 Å². The molecule has 202 valence electrons. The number of hydrogen-bond donors (Lipinski definition) is 5. The van der Waals surface area contributed by atoms with E-state index in [1.54, 1.807) is 0 Å². The molecule has 0 aliphatic heterocycles. The monoisotopic (exact) mass is 522 g/mol. The molecule has 0 aliphatic carbocycles. The van der Waals surface area contributed by atoms with Crippen LogP contribution in [-0.2, 0) is 27.2 Å². The number of nitrogens with one attached hydrogen (secondary N) is 1. The van der Waals surface area contributed by atoms with E-state index in [4.69, 9.17) is 15.9 Å². The molecule has 6 N–H and O–H groups in total. The molecule has 1 amide bonds. The normalized spacial score (nSPS) is 13.9. The Labute approximate surface area is 218 Å². The molecule has 1 aromatic rings. The van der Waals surface area contributed by atoms with Gasteiger partial charge < -0.3 is 26.4 Å². The number of carbonyl (C=O) groups is 3. The van der Waals surface area contributed by atoms with Crippen LogP contribution in [0.1, 0.15) is 69.4 Å². The zero-order chi connectivity index (χ0) is 26.8. The van der Waals surface area contributed by atoms with Crippen LogP contribution in [0.25, 0.3) is 0 Å². The molecule has 3 atom stereocenters. The minimum atomic E-state index is -1.15. The Hall–Kier alpha value is -2.36. The minimum absolute atomic E-state index is 0.0276. The highest BCUT2D eigenvalue weighted by atomic mass is 32.2. The van der Waals surface area contributed by atoms with E-state index >= 15 is 0 Å². The van der Waals surface area contributed by atoms with Crippen molar-refractivity contribution in [2.45, 2.75) is 88.5 Å². The lowest BCUT2D eigenvalue weighted by Crippen LogP contribution is -2.44. The minimum Gasteiger partial charge on any atom is -0.481 e. The predicted octanol–water partition coefficient (Wildman–Crippen LogP) is 3.54. The highest BCUT2D eigenvalue weighted by molar-refractivity contribution is 8.00. The zero-order valence-electron chi connectivity index (χ0n) is 21.2. The van der Waals surface area contributed by atoms with Crippen LogP contribution in [0.4, 0.5) is 0 Å². The molecule has 0 spiro atoms. The molecule has 36 heavy (non-hydrogen) atoms. The van der Waals surface area contributed by atoms with E-state index in [2.05, 4.69) is 36.5 Å². The topological polar surface area (TPSA) is 150 Å². The molecule has 1 rings (SSSR count). The molecule has 9 heteroatoms. The van der Waals surface area contributed by atoms with Crippen LogP contribution in [0.5, 0.6) is 0 Å². The summed E-state index contributed by atoms with van der Waals surface area (Å²) >= 11 is 1.29. The number of nitrogens with two attached hydrogens (primary N) is 1. The van der Waals surface area contributed by atoms with E-state index < -0.39 is 36.5 Å². The van der Waals surface area contributed by atoms with Gasteiger partial charge >= 0.3 is 11.9 Å². The number of carbonyl (C=O) groups excluding carboxylic acids is 1. The first-order valence-corrected chi connectivity index (χ1v) is 13.8. The number of aliphatic hydroxyl groups excluding tert-OH is 1. The Bertz CT molecular complexity index is 815. The molecule has 0 heterocycles. The molecule has 8 nitrogen and oxygen atoms in total. The fraction of sp³-hybridized carbons (Fsp3) is 0.593. The Morgan fingerprint density at radius 1 is 1.00 bits per heavy atom. The number of carboxylic acids is 2. The van der Waals surface area contributed by atoms with Crippen molar-refractivity contribution in [3.05, 3.63) is 47.5 Å². The van der Waals surface area contributed by atoms with E-state index in [9.17, 15) is 19.5 Å². The molecular formula is C27H42N2O6S. The smallest absolute Gasteiger partial charge is 0.322 e. The standard InChI is InChI=1S/C27H42N2O6S/c1-2-3-4-5-6-9-20-14-16-21(17-15-20)10-7-12-24(23(30)11-8-13-25(31)32)36-19-22(28)27(35)29-18-26(33)34/h7,12,14-17,22-24,30H,2-6,8-11,13,18-19,28H2,1H3,(H,29,35)(H,31,32)(H,33,34)/b12-7-/t22-,23-,24+/m0/s1. The second-order valence-electron chi connectivity index (χ2n) is 8.98. The van der Waals surface area contributed by atoms with Gasteiger partial charge in [-0.15, -0.1) is 11.8 Å². The molecule has 0 aliphatic rings. The number of hydrogen-bond acceptors (Lipinski definition) is 6. The average Bonchev–Trinajstić information content (AvgIpc) is 2.84. The Balaban J connectivity index is 2.64. The third-order valence-corrected chi connectivity index (χ3v) is 7.17. The van der Waals surface area contributed by atoms with Gasteiger partial charge in [0, 0.05) is 17.4 Å². The van der Waals surface area contributed by atoms with Gasteiger partial charge in [-0.05, 0) is 43.2 Å². The van der Waals surface area contributed by atoms with Gasteiger partial charge in [-0.2, -0.15) is 0 Å². The summed E-state index contributed by atoms with van der Waals surface area (Å²) in [5.41, 5.74) is 8.35. The molecule has 0 radical (unpaired) electrons. The van der Waals surface area contributed by atoms with Crippen LogP contribution in [0.15, 0.2) is 36.4 Å². The number of unbranched alkanes of at least 4 members (excludes halogenated alkanes) is 4. The molecule has 0 unspecified atom stereocenters. The van der Waals surface area contributed by atoms with Crippen LogP contribution in [0, 0.1) is 0 Å². The summed E-state index contributed by atoms with van der Waals surface area (Å²) in [6.07, 6.45) is 11.7.